The number of hydrogen-bond acceptors (Lipinski definition) is 9. The summed E-state index contributed by atoms with van der Waals surface area (Å²) in [5.74, 6) is 0. The number of nitrogens with zero attached hydrogens (tertiary/aromatic N) is 3. The summed E-state index contributed by atoms with van der Waals surface area (Å²) in [5, 5.41) is 12.9. The van der Waals surface area contributed by atoms with E-state index in [1.165, 1.54) is 46.7 Å². The summed E-state index contributed by atoms with van der Waals surface area (Å²) in [6.45, 7) is 0. The number of imidazole rings is 3. The molecule has 0 saturated heterocycles. The van der Waals surface area contributed by atoms with E-state index in [2.05, 4.69) is 303 Å². The molecule has 456 valence electrons. The van der Waals surface area contributed by atoms with E-state index in [0.717, 1.165) is 17.1 Å². The average molecular weight is 1400 g/mol. The minimum Gasteiger partial charge on any atom is -0.540 e. The maximum atomic E-state index is 9.95. The van der Waals surface area contributed by atoms with Crippen molar-refractivity contribution in [3.63, 3.8) is 0 Å². The number of aromatic nitrogens is 6. The van der Waals surface area contributed by atoms with Crippen molar-refractivity contribution >= 4 is 91.9 Å². The van der Waals surface area contributed by atoms with E-state index in [1.54, 1.807) is 56.4 Å². The monoisotopic (exact) mass is 1400 g/mol. The van der Waals surface area contributed by atoms with Gasteiger partial charge in [0.1, 0.15) is 0 Å². The molecule has 0 saturated carbocycles. The van der Waals surface area contributed by atoms with E-state index in [4.69, 9.17) is 17.2 Å². The first-order valence-corrected chi connectivity index (χ1v) is 32.7. The fraction of sp³-hybridized carbons (Fsp3) is 0.0833. The maximum absolute atomic E-state index is 9.95. The van der Waals surface area contributed by atoms with Gasteiger partial charge in [-0.3, -0.25) is 0 Å². The van der Waals surface area contributed by atoms with Crippen LogP contribution in [0.1, 0.15) is 17.1 Å². The van der Waals surface area contributed by atoms with Crippen molar-refractivity contribution in [2.45, 2.75) is 37.4 Å². The fourth-order valence-corrected chi connectivity index (χ4v) is 16.7. The van der Waals surface area contributed by atoms with E-state index in [1.807, 2.05) is 0 Å². The maximum Gasteiger partial charge on any atom is 3.00 e. The smallest absolute Gasteiger partial charge is 0.540 e. The van der Waals surface area contributed by atoms with Crippen molar-refractivity contribution < 1.29 is 83.8 Å². The number of carbonyl (C=O) groups excluding carboxylic acids is 3. The Bertz CT molecular complexity index is 3020. The summed E-state index contributed by atoms with van der Waals surface area (Å²) < 4.78 is 0. The predicted molar refractivity (Wildman–Crippen MR) is 360 cm³/mol. The molecule has 0 unspecified atom stereocenters. The number of nitrogens with one attached hydrogen (secondary N) is 3. The van der Waals surface area contributed by atoms with Gasteiger partial charge in [-0.05, 0) is 19.3 Å². The van der Waals surface area contributed by atoms with Gasteiger partial charge in [-0.2, -0.15) is 0 Å². The molecule has 3 aromatic heterocycles. The summed E-state index contributed by atoms with van der Waals surface area (Å²) in [7, 11) is -2.63. The number of aromatic amines is 3. The normalized spacial score (nSPS) is 10.9. The van der Waals surface area contributed by atoms with Gasteiger partial charge in [0.25, 0.3) is 0 Å². The van der Waals surface area contributed by atoms with E-state index in [9.17, 15) is 14.4 Å². The van der Waals surface area contributed by atoms with Crippen LogP contribution >= 0.6 is 0 Å². The van der Waals surface area contributed by atoms with Crippen LogP contribution in [0.4, 0.5) is 0 Å². The van der Waals surface area contributed by atoms with Crippen molar-refractivity contribution in [3.8, 4) is 0 Å². The van der Waals surface area contributed by atoms with Crippen LogP contribution < -0.4 is 63.9 Å². The zero-order valence-corrected chi connectivity index (χ0v) is 57.8. The first-order chi connectivity index (χ1) is 42.8. The third-order valence-electron chi connectivity index (χ3n) is 13.0. The molecule has 0 fully saturated rings. The Morgan fingerprint density at radius 1 is 0.286 bits per heavy atom. The van der Waals surface area contributed by atoms with Gasteiger partial charge in [0, 0.05) is 87.8 Å². The zero-order chi connectivity index (χ0) is 60.9. The van der Waals surface area contributed by atoms with Gasteiger partial charge in [-0.25, -0.2) is 33.8 Å². The summed E-state index contributed by atoms with van der Waals surface area (Å²) in [4.78, 5) is 49.6. The van der Waals surface area contributed by atoms with Gasteiger partial charge < -0.3 is 46.5 Å². The molecule has 9 N–H and O–H groups in total. The Morgan fingerprint density at radius 3 is 0.538 bits per heavy atom. The third-order valence-corrected chi connectivity index (χ3v) is 21.2. The Morgan fingerprint density at radius 2 is 0.429 bits per heavy atom. The number of benzene rings is 9. The molecular formula is C72H69Cr4N9O3Si3. The van der Waals surface area contributed by atoms with Crippen LogP contribution in [0.3, 0.4) is 0 Å². The molecule has 0 aliphatic rings. The van der Waals surface area contributed by atoms with E-state index >= 15 is 0 Å². The Labute approximate surface area is 583 Å². The Kier molecular flexibility index (Phi) is 38.8. The van der Waals surface area contributed by atoms with Crippen LogP contribution in [0.5, 0.6) is 0 Å². The second kappa shape index (κ2) is 45.5. The minimum absolute atomic E-state index is 0. The SMILES string of the molecule is N[C@@H]([C-]=O)Cc1cnc[nH]1.N[C@@H]([C-]=O)Cc1cnc[nH]1.N[C@H]([C-]=O)Cc1cnc[nH]1.[Cr+3].[Cr].[Cr].[Cr].c1ccc([Si](c2ccccc2)c2ccccc2)cc1.c1ccc([Si](c2ccccc2)c2ccccc2)cc1.c1ccc([Si](c2ccccc2)c2ccccc2)cc1. The Hall–Kier alpha value is -7.72. The molecular weight excluding hydrogens is 1330 g/mol. The standard InChI is InChI=1S/3C18H15Si.3C6H8N3O.4Cr/c3*1-4-10-16(11-5-1)19(17-12-6-2-7-13-17)18-14-8-3-9-15-18;3*7-5(3-10)1-6-2-8-4-9-6;;;;/h3*1-15H;3*2,4-5H,1,7H2,(H,8,9);;;;/q;;;3*-1;;;;+3/t;;;3*5-;;;;/m...110..../s1. The largest absolute Gasteiger partial charge is 3.00 e. The molecule has 12 nitrogen and oxygen atoms in total. The average Bonchev–Trinajstić information content (AvgIpc) is 2.56. The van der Waals surface area contributed by atoms with Crippen LogP contribution in [-0.2, 0) is 103 Å². The molecule has 0 bridgehead atoms. The Balaban J connectivity index is 0.000000290. The van der Waals surface area contributed by atoms with Gasteiger partial charge in [-0.15, -0.1) is 0 Å². The molecule has 12 aromatic rings. The predicted octanol–water partition coefficient (Wildman–Crippen LogP) is 4.77. The molecule has 0 spiro atoms. The first-order valence-electron chi connectivity index (χ1n) is 28.2. The molecule has 0 aliphatic carbocycles. The van der Waals surface area contributed by atoms with Gasteiger partial charge in [-0.1, -0.05) is 338 Å². The second-order valence-electron chi connectivity index (χ2n) is 19.4. The first kappa shape index (κ1) is 77.5. The molecule has 9 aromatic carbocycles. The molecule has 12 rings (SSSR count). The van der Waals surface area contributed by atoms with Crippen LogP contribution in [0.2, 0.25) is 0 Å². The molecule has 4 radical (unpaired) electrons. The van der Waals surface area contributed by atoms with Crippen LogP contribution in [0, 0.1) is 0 Å². The van der Waals surface area contributed by atoms with Gasteiger partial charge in [0.05, 0.1) is 19.0 Å². The fourth-order valence-electron chi connectivity index (χ4n) is 8.97. The van der Waals surface area contributed by atoms with Crippen LogP contribution in [0.25, 0.3) is 0 Å². The molecule has 3 heterocycles. The topological polar surface area (TPSA) is 215 Å². The zero-order valence-electron chi connectivity index (χ0n) is 49.7. The molecule has 19 heteroatoms. The summed E-state index contributed by atoms with van der Waals surface area (Å²) in [5.41, 5.74) is 18.5. The molecule has 0 amide bonds. The summed E-state index contributed by atoms with van der Waals surface area (Å²) in [6.07, 6.45) is 16.0. The quantitative estimate of drug-likeness (QED) is 0.0396. The van der Waals surface area contributed by atoms with Gasteiger partial charge in [0.15, 0.2) is 26.4 Å². The van der Waals surface area contributed by atoms with Crippen molar-refractivity contribution in [3.05, 3.63) is 328 Å². The number of nitrogens with two attached hydrogens (primary N) is 3. The van der Waals surface area contributed by atoms with E-state index in [0.29, 0.717) is 19.3 Å². The number of hydrogen-bond donors (Lipinski definition) is 6. The summed E-state index contributed by atoms with van der Waals surface area (Å²) >= 11 is 0. The summed E-state index contributed by atoms with van der Waals surface area (Å²) in [6, 6.07) is 95.9. The van der Waals surface area contributed by atoms with Crippen molar-refractivity contribution in [1.82, 2.24) is 29.9 Å². The second-order valence-corrected chi connectivity index (χ2v) is 26.9. The minimum atomic E-state index is -0.877. The third kappa shape index (κ3) is 27.3. The van der Waals surface area contributed by atoms with Crippen LogP contribution in [-0.4, -0.2) is 93.3 Å². The van der Waals surface area contributed by atoms with E-state index < -0.39 is 44.5 Å². The molecule has 0 aliphatic heterocycles. The van der Waals surface area contributed by atoms with Crippen molar-refractivity contribution in [1.29, 1.82) is 0 Å². The number of rotatable bonds is 18. The van der Waals surface area contributed by atoms with Gasteiger partial charge in [0.2, 0.25) is 0 Å². The van der Waals surface area contributed by atoms with Crippen molar-refractivity contribution in [2.75, 3.05) is 0 Å². The van der Waals surface area contributed by atoms with Gasteiger partial charge >= 0.3 is 17.4 Å². The van der Waals surface area contributed by atoms with E-state index in [-0.39, 0.29) is 69.4 Å². The van der Waals surface area contributed by atoms with Crippen LogP contribution in [0.15, 0.2) is 311 Å². The van der Waals surface area contributed by atoms with Crippen molar-refractivity contribution in [2.24, 2.45) is 17.2 Å². The number of H-pyrrole nitrogens is 3. The molecule has 3 atom stereocenters. The molecule has 91 heavy (non-hydrogen) atoms.